The highest BCUT2D eigenvalue weighted by molar-refractivity contribution is 7.91. The van der Waals surface area contributed by atoms with Crippen LogP contribution < -0.4 is 5.32 Å². The zero-order valence-electron chi connectivity index (χ0n) is 18.0. The maximum absolute atomic E-state index is 13.0. The molecule has 2 aliphatic rings. The third kappa shape index (κ3) is 4.73. The monoisotopic (exact) mass is 477 g/mol. The summed E-state index contributed by atoms with van der Waals surface area (Å²) < 4.78 is 32.7. The van der Waals surface area contributed by atoms with Crippen LogP contribution in [0.1, 0.15) is 28.8 Å². The van der Waals surface area contributed by atoms with E-state index in [0.29, 0.717) is 66.7 Å². The quantitative estimate of drug-likeness (QED) is 0.714. The number of hydrogen-bond donors (Lipinski definition) is 1. The lowest BCUT2D eigenvalue weighted by molar-refractivity contribution is -0.120. The molecule has 0 radical (unpaired) electrons. The van der Waals surface area contributed by atoms with Gasteiger partial charge in [-0.25, -0.2) is 8.42 Å². The molecule has 2 fully saturated rings. The molecular formula is C22H27N3O5S2. The van der Waals surface area contributed by atoms with Gasteiger partial charge >= 0.3 is 0 Å². The van der Waals surface area contributed by atoms with Crippen molar-refractivity contribution >= 4 is 38.9 Å². The van der Waals surface area contributed by atoms with Gasteiger partial charge in [-0.2, -0.15) is 4.31 Å². The summed E-state index contributed by atoms with van der Waals surface area (Å²) in [7, 11) is -3.59. The molecule has 32 heavy (non-hydrogen) atoms. The van der Waals surface area contributed by atoms with Crippen LogP contribution >= 0.6 is 11.3 Å². The molecule has 2 saturated heterocycles. The van der Waals surface area contributed by atoms with Gasteiger partial charge in [0.25, 0.3) is 15.9 Å². The Morgan fingerprint density at radius 3 is 2.62 bits per heavy atom. The first kappa shape index (κ1) is 22.9. The summed E-state index contributed by atoms with van der Waals surface area (Å²) in [6.07, 6.45) is 1.24. The van der Waals surface area contributed by atoms with Crippen LogP contribution in [0.2, 0.25) is 0 Å². The maximum Gasteiger partial charge on any atom is 0.254 e. The van der Waals surface area contributed by atoms with E-state index in [4.69, 9.17) is 4.74 Å². The highest BCUT2D eigenvalue weighted by atomic mass is 32.2. The van der Waals surface area contributed by atoms with E-state index in [1.807, 2.05) is 6.92 Å². The average Bonchev–Trinajstić information content (AvgIpc) is 3.37. The van der Waals surface area contributed by atoms with Gasteiger partial charge in [-0.1, -0.05) is 12.1 Å². The lowest BCUT2D eigenvalue weighted by Gasteiger charge is -2.31. The van der Waals surface area contributed by atoms with Gasteiger partial charge in [0.2, 0.25) is 5.91 Å². The maximum atomic E-state index is 13.0. The molecule has 1 aromatic carbocycles. The number of carbonyl (C=O) groups is 2. The first-order valence-corrected chi connectivity index (χ1v) is 13.0. The summed E-state index contributed by atoms with van der Waals surface area (Å²) in [5.41, 5.74) is 1.83. The first-order valence-electron chi connectivity index (χ1n) is 10.7. The third-order valence-electron chi connectivity index (χ3n) is 5.96. The van der Waals surface area contributed by atoms with Crippen molar-refractivity contribution in [1.82, 2.24) is 9.21 Å². The van der Waals surface area contributed by atoms with Gasteiger partial charge in [0.15, 0.2) is 0 Å². The van der Waals surface area contributed by atoms with Crippen LogP contribution in [0.25, 0.3) is 0 Å². The number of benzene rings is 1. The number of anilines is 1. The highest BCUT2D eigenvalue weighted by Crippen LogP contribution is 2.28. The van der Waals surface area contributed by atoms with E-state index in [1.165, 1.54) is 15.6 Å². The van der Waals surface area contributed by atoms with E-state index in [0.717, 1.165) is 0 Å². The van der Waals surface area contributed by atoms with Gasteiger partial charge in [-0.3, -0.25) is 9.59 Å². The topological polar surface area (TPSA) is 96.0 Å². The van der Waals surface area contributed by atoms with E-state index in [1.54, 1.807) is 40.6 Å². The molecule has 0 spiro atoms. The zero-order chi connectivity index (χ0) is 22.7. The van der Waals surface area contributed by atoms with Gasteiger partial charge < -0.3 is 15.0 Å². The van der Waals surface area contributed by atoms with Gasteiger partial charge in [-0.05, 0) is 48.9 Å². The summed E-state index contributed by atoms with van der Waals surface area (Å²) in [5, 5.41) is 4.66. The van der Waals surface area contributed by atoms with Crippen LogP contribution in [0.15, 0.2) is 39.9 Å². The second-order valence-electron chi connectivity index (χ2n) is 8.01. The number of rotatable bonds is 5. The molecule has 2 aliphatic heterocycles. The molecule has 1 N–H and O–H groups in total. The molecule has 0 bridgehead atoms. The van der Waals surface area contributed by atoms with Crippen molar-refractivity contribution in [3.05, 3.63) is 46.8 Å². The van der Waals surface area contributed by atoms with Gasteiger partial charge in [0, 0.05) is 37.4 Å². The Morgan fingerprint density at radius 1 is 1.12 bits per heavy atom. The number of nitrogens with one attached hydrogen (secondary N) is 1. The smallest absolute Gasteiger partial charge is 0.254 e. The lowest BCUT2D eigenvalue weighted by Crippen LogP contribution is -2.43. The van der Waals surface area contributed by atoms with Gasteiger partial charge in [0.1, 0.15) is 4.21 Å². The molecule has 1 atom stereocenters. The summed E-state index contributed by atoms with van der Waals surface area (Å²) >= 11 is 1.18. The normalized spacial score (nSPS) is 20.2. The predicted molar refractivity (Wildman–Crippen MR) is 122 cm³/mol. The van der Waals surface area contributed by atoms with Crippen LogP contribution in [-0.2, 0) is 19.6 Å². The number of morpholine rings is 1. The summed E-state index contributed by atoms with van der Waals surface area (Å²) in [6.45, 7) is 4.51. The van der Waals surface area contributed by atoms with Crippen molar-refractivity contribution < 1.29 is 22.7 Å². The van der Waals surface area contributed by atoms with Gasteiger partial charge in [-0.15, -0.1) is 11.3 Å². The minimum atomic E-state index is -3.59. The fourth-order valence-corrected chi connectivity index (χ4v) is 6.75. The molecule has 0 saturated carbocycles. The number of thiophene rings is 1. The number of carbonyl (C=O) groups excluding carboxylic acids is 2. The average molecular weight is 478 g/mol. The van der Waals surface area contributed by atoms with Crippen molar-refractivity contribution in [3.8, 4) is 0 Å². The van der Waals surface area contributed by atoms with E-state index < -0.39 is 15.9 Å². The standard InChI is InChI=1S/C22H27N3O5S2/c1-16-18(22(27)24-10-12-30-13-11-24)6-2-7-19(16)23-21(26)17-5-3-9-25(15-17)32(28,29)20-8-4-14-31-20/h2,4,6-8,14,17H,3,5,9-13,15H2,1H3,(H,23,26). The number of nitrogens with zero attached hydrogens (tertiary/aromatic N) is 2. The molecule has 1 unspecified atom stereocenters. The minimum Gasteiger partial charge on any atom is -0.378 e. The van der Waals surface area contributed by atoms with Crippen molar-refractivity contribution in [2.75, 3.05) is 44.7 Å². The second-order valence-corrected chi connectivity index (χ2v) is 11.1. The minimum absolute atomic E-state index is 0.0761. The summed E-state index contributed by atoms with van der Waals surface area (Å²) in [6, 6.07) is 8.58. The molecule has 1 aromatic heterocycles. The van der Waals surface area contributed by atoms with E-state index >= 15 is 0 Å². The summed E-state index contributed by atoms with van der Waals surface area (Å²) in [5.74, 6) is -0.751. The molecule has 3 heterocycles. The second kappa shape index (κ2) is 9.70. The molecule has 172 valence electrons. The Labute approximate surface area is 192 Å². The molecule has 4 rings (SSSR count). The molecule has 2 aromatic rings. The number of amides is 2. The van der Waals surface area contributed by atoms with Gasteiger partial charge in [0.05, 0.1) is 19.1 Å². The van der Waals surface area contributed by atoms with Crippen LogP contribution in [0.4, 0.5) is 5.69 Å². The Morgan fingerprint density at radius 2 is 1.91 bits per heavy atom. The Hall–Kier alpha value is -2.27. The predicted octanol–water partition coefficient (Wildman–Crippen LogP) is 2.57. The lowest BCUT2D eigenvalue weighted by atomic mass is 9.98. The van der Waals surface area contributed by atoms with Crippen LogP contribution in [0.3, 0.4) is 0 Å². The number of piperidine rings is 1. The fourth-order valence-electron chi connectivity index (χ4n) is 4.09. The number of sulfonamides is 1. The molecule has 0 aliphatic carbocycles. The largest absolute Gasteiger partial charge is 0.378 e. The molecule has 8 nitrogen and oxygen atoms in total. The SMILES string of the molecule is Cc1c(NC(=O)C2CCCN(S(=O)(=O)c3cccs3)C2)cccc1C(=O)N1CCOCC1. The molecular weight excluding hydrogens is 450 g/mol. The summed E-state index contributed by atoms with van der Waals surface area (Å²) in [4.78, 5) is 27.7. The van der Waals surface area contributed by atoms with Crippen molar-refractivity contribution in [2.24, 2.45) is 5.92 Å². The van der Waals surface area contributed by atoms with Crippen molar-refractivity contribution in [2.45, 2.75) is 24.0 Å². The van der Waals surface area contributed by atoms with Crippen LogP contribution in [-0.4, -0.2) is 68.8 Å². The van der Waals surface area contributed by atoms with E-state index in [2.05, 4.69) is 5.32 Å². The number of hydrogen-bond acceptors (Lipinski definition) is 6. The van der Waals surface area contributed by atoms with E-state index in [9.17, 15) is 18.0 Å². The molecule has 2 amide bonds. The third-order valence-corrected chi connectivity index (χ3v) is 9.20. The van der Waals surface area contributed by atoms with Crippen LogP contribution in [0.5, 0.6) is 0 Å². The van der Waals surface area contributed by atoms with Crippen LogP contribution in [0, 0.1) is 12.8 Å². The Balaban J connectivity index is 1.46. The Kier molecular flexibility index (Phi) is 6.94. The number of ether oxygens (including phenoxy) is 1. The highest BCUT2D eigenvalue weighted by Gasteiger charge is 2.34. The fraction of sp³-hybridized carbons (Fsp3) is 0.455. The zero-order valence-corrected chi connectivity index (χ0v) is 19.6. The first-order chi connectivity index (χ1) is 15.4. The Bertz CT molecular complexity index is 1080. The van der Waals surface area contributed by atoms with E-state index in [-0.39, 0.29) is 18.4 Å². The molecule has 10 heteroatoms. The van der Waals surface area contributed by atoms with Crippen molar-refractivity contribution in [3.63, 3.8) is 0 Å². The van der Waals surface area contributed by atoms with Crippen molar-refractivity contribution in [1.29, 1.82) is 0 Å².